The minimum absolute atomic E-state index is 0.00696. The molecule has 2 saturated heterocycles. The number of carbonyl (C=O) groups is 1. The number of carboxylic acid groups (broad SMARTS) is 1. The van der Waals surface area contributed by atoms with Crippen molar-refractivity contribution in [1.29, 1.82) is 0 Å². The van der Waals surface area contributed by atoms with Gasteiger partial charge >= 0.3 is 6.09 Å². The highest BCUT2D eigenvalue weighted by atomic mass is 19.3. The van der Waals surface area contributed by atoms with Gasteiger partial charge in [-0.25, -0.2) is 18.6 Å². The van der Waals surface area contributed by atoms with Crippen molar-refractivity contribution >= 4 is 29.0 Å². The van der Waals surface area contributed by atoms with Crippen molar-refractivity contribution in [3.05, 3.63) is 24.0 Å². The molecular formula is C22H26F2N8O4. The molecule has 0 saturated carbocycles. The van der Waals surface area contributed by atoms with Crippen LogP contribution in [0.1, 0.15) is 18.7 Å². The van der Waals surface area contributed by atoms with E-state index in [1.807, 2.05) is 4.90 Å². The van der Waals surface area contributed by atoms with Gasteiger partial charge in [-0.3, -0.25) is 4.57 Å². The molecule has 0 spiro atoms. The summed E-state index contributed by atoms with van der Waals surface area (Å²) in [6.45, 7) is 2.70. The number of nitrogens with zero attached hydrogens (tertiary/aromatic N) is 8. The Bertz CT molecular complexity index is 1270. The van der Waals surface area contributed by atoms with Gasteiger partial charge in [0.1, 0.15) is 11.3 Å². The number of aromatic nitrogens is 5. The Labute approximate surface area is 205 Å². The summed E-state index contributed by atoms with van der Waals surface area (Å²) in [6, 6.07) is 4.81. The Hall–Kier alpha value is -3.81. The van der Waals surface area contributed by atoms with Crippen LogP contribution in [0.2, 0.25) is 0 Å². The Morgan fingerprint density at radius 1 is 1.17 bits per heavy atom. The summed E-state index contributed by atoms with van der Waals surface area (Å²) in [6.07, 6.45) is -3.30. The van der Waals surface area contributed by atoms with Gasteiger partial charge in [-0.1, -0.05) is 6.07 Å². The van der Waals surface area contributed by atoms with Gasteiger partial charge in [0.25, 0.3) is 6.43 Å². The first-order valence-corrected chi connectivity index (χ1v) is 11.5. The number of likely N-dealkylation sites (tertiary alicyclic amines) is 1. The molecule has 2 aromatic heterocycles. The average Bonchev–Trinajstić information content (AvgIpc) is 3.54. The molecule has 0 unspecified atom stereocenters. The number of fused-ring (bicyclic) bond motifs is 1. The van der Waals surface area contributed by atoms with Gasteiger partial charge in [0.05, 0.1) is 31.9 Å². The smallest absolute Gasteiger partial charge is 0.407 e. The second-order valence-electron chi connectivity index (χ2n) is 8.55. The maximum atomic E-state index is 14.2. The molecule has 0 aliphatic carbocycles. The highest BCUT2D eigenvalue weighted by molar-refractivity contribution is 5.84. The number of alkyl halides is 2. The van der Waals surface area contributed by atoms with E-state index >= 15 is 0 Å². The lowest BCUT2D eigenvalue weighted by Gasteiger charge is -2.29. The van der Waals surface area contributed by atoms with Crippen molar-refractivity contribution in [2.75, 3.05) is 63.4 Å². The number of para-hydroxylation sites is 1. The number of rotatable bonds is 6. The second kappa shape index (κ2) is 9.68. The fraction of sp³-hybridized carbons (Fsp3) is 0.500. The summed E-state index contributed by atoms with van der Waals surface area (Å²) in [7, 11) is 3.21. The van der Waals surface area contributed by atoms with Gasteiger partial charge in [-0.2, -0.15) is 15.0 Å². The van der Waals surface area contributed by atoms with Crippen LogP contribution in [0.4, 0.5) is 25.5 Å². The maximum absolute atomic E-state index is 14.2. The number of halogens is 2. The van der Waals surface area contributed by atoms with Gasteiger partial charge in [-0.05, 0) is 18.6 Å². The van der Waals surface area contributed by atoms with Crippen molar-refractivity contribution < 1.29 is 28.2 Å². The molecule has 1 N–H and O–H groups in total. The zero-order valence-electron chi connectivity index (χ0n) is 19.8. The lowest BCUT2D eigenvalue weighted by molar-refractivity contribution is 0.122. The van der Waals surface area contributed by atoms with E-state index < -0.39 is 18.3 Å². The third-order valence-corrected chi connectivity index (χ3v) is 6.48. The van der Waals surface area contributed by atoms with Crippen LogP contribution in [0.3, 0.4) is 0 Å². The summed E-state index contributed by atoms with van der Waals surface area (Å²) in [5.74, 6) is 0.409. The number of anilines is 2. The number of methoxy groups -OCH3 is 1. The van der Waals surface area contributed by atoms with Gasteiger partial charge in [0.2, 0.25) is 17.8 Å². The number of likely N-dealkylation sites (N-methyl/N-ethyl adjacent to an activating group) is 1. The van der Waals surface area contributed by atoms with Gasteiger partial charge in [-0.15, -0.1) is 0 Å². The molecule has 1 atom stereocenters. The Balaban J connectivity index is 1.64. The second-order valence-corrected chi connectivity index (χ2v) is 8.55. The molecular weight excluding hydrogens is 478 g/mol. The molecule has 36 heavy (non-hydrogen) atoms. The molecule has 1 aromatic carbocycles. The highest BCUT2D eigenvalue weighted by Crippen LogP contribution is 2.32. The van der Waals surface area contributed by atoms with E-state index in [0.29, 0.717) is 56.5 Å². The van der Waals surface area contributed by atoms with Crippen molar-refractivity contribution in [3.63, 3.8) is 0 Å². The van der Waals surface area contributed by atoms with E-state index in [1.165, 1.54) is 16.6 Å². The van der Waals surface area contributed by atoms with E-state index in [0.717, 1.165) is 0 Å². The Morgan fingerprint density at radius 3 is 2.58 bits per heavy atom. The van der Waals surface area contributed by atoms with Crippen LogP contribution in [-0.4, -0.2) is 100 Å². The van der Waals surface area contributed by atoms with Crippen LogP contribution in [0.25, 0.3) is 17.0 Å². The molecule has 0 bridgehead atoms. The number of ether oxygens (including phenoxy) is 2. The molecule has 12 nitrogen and oxygen atoms in total. The summed E-state index contributed by atoms with van der Waals surface area (Å²) < 4.78 is 40.3. The zero-order chi connectivity index (χ0) is 25.4. The lowest BCUT2D eigenvalue weighted by Crippen LogP contribution is -2.39. The Kier molecular flexibility index (Phi) is 6.43. The van der Waals surface area contributed by atoms with Crippen LogP contribution in [0.15, 0.2) is 18.2 Å². The number of benzene rings is 1. The number of amides is 1. The van der Waals surface area contributed by atoms with Crippen molar-refractivity contribution in [2.24, 2.45) is 0 Å². The molecule has 4 heterocycles. The van der Waals surface area contributed by atoms with Gasteiger partial charge in [0.15, 0.2) is 5.82 Å². The first kappa shape index (κ1) is 23.9. The van der Waals surface area contributed by atoms with Gasteiger partial charge in [0, 0.05) is 33.2 Å². The highest BCUT2D eigenvalue weighted by Gasteiger charge is 2.32. The van der Waals surface area contributed by atoms with Crippen molar-refractivity contribution in [2.45, 2.75) is 18.9 Å². The fourth-order valence-corrected chi connectivity index (χ4v) is 4.51. The van der Waals surface area contributed by atoms with Crippen LogP contribution in [0, 0.1) is 0 Å². The molecule has 1 amide bonds. The van der Waals surface area contributed by atoms with E-state index in [4.69, 9.17) is 9.47 Å². The number of hydrogen-bond donors (Lipinski definition) is 1. The first-order chi connectivity index (χ1) is 17.4. The molecule has 0 radical (unpaired) electrons. The zero-order valence-corrected chi connectivity index (χ0v) is 19.8. The predicted octanol–water partition coefficient (Wildman–Crippen LogP) is 2.18. The molecule has 5 rings (SSSR count). The lowest BCUT2D eigenvalue weighted by atomic mass is 10.2. The summed E-state index contributed by atoms with van der Waals surface area (Å²) in [5.41, 5.74) is 0.640. The van der Waals surface area contributed by atoms with E-state index in [2.05, 4.69) is 19.9 Å². The third kappa shape index (κ3) is 4.32. The summed E-state index contributed by atoms with van der Waals surface area (Å²) in [5, 5.41) is 9.35. The van der Waals surface area contributed by atoms with E-state index in [-0.39, 0.29) is 30.0 Å². The average molecular weight is 504 g/mol. The van der Waals surface area contributed by atoms with E-state index in [9.17, 15) is 18.7 Å². The molecule has 2 aliphatic rings. The fourth-order valence-electron chi connectivity index (χ4n) is 4.51. The summed E-state index contributed by atoms with van der Waals surface area (Å²) in [4.78, 5) is 34.3. The minimum Gasteiger partial charge on any atom is -0.494 e. The molecule has 2 fully saturated rings. The maximum Gasteiger partial charge on any atom is 0.407 e. The van der Waals surface area contributed by atoms with Crippen LogP contribution in [0.5, 0.6) is 5.75 Å². The topological polar surface area (TPSA) is 122 Å². The van der Waals surface area contributed by atoms with Crippen LogP contribution in [-0.2, 0) is 4.74 Å². The summed E-state index contributed by atoms with van der Waals surface area (Å²) >= 11 is 0. The van der Waals surface area contributed by atoms with Gasteiger partial charge < -0.3 is 29.3 Å². The SMILES string of the molecule is COc1cccc2c1nc(C(F)F)n2-c1nc(N2CCOCC2)nc(N(C)[C@@H]2CCN(C(=O)O)C2)n1. The third-order valence-electron chi connectivity index (χ3n) is 6.48. The van der Waals surface area contributed by atoms with Crippen LogP contribution < -0.4 is 14.5 Å². The monoisotopic (exact) mass is 504 g/mol. The van der Waals surface area contributed by atoms with Crippen molar-refractivity contribution in [3.8, 4) is 11.7 Å². The number of hydrogen-bond acceptors (Lipinski definition) is 9. The number of imidazole rings is 1. The van der Waals surface area contributed by atoms with Crippen LogP contribution >= 0.6 is 0 Å². The molecule has 192 valence electrons. The first-order valence-electron chi connectivity index (χ1n) is 11.5. The minimum atomic E-state index is -2.90. The van der Waals surface area contributed by atoms with Crippen molar-refractivity contribution in [1.82, 2.24) is 29.4 Å². The predicted molar refractivity (Wildman–Crippen MR) is 125 cm³/mol. The van der Waals surface area contributed by atoms with E-state index in [1.54, 1.807) is 30.1 Å². The molecule has 2 aliphatic heterocycles. The molecule has 14 heteroatoms. The standard InChI is InChI=1S/C22H26F2N8O4/c1-29(13-6-7-31(12-13)22(33)34)19-26-20(30-8-10-36-11-9-30)28-21(27-19)32-14-4-3-5-15(35-2)16(14)25-18(32)17(23)24/h3-5,13,17H,6-12H2,1-2H3,(H,33,34)/t13-/m1/s1. The molecule has 3 aromatic rings. The number of morpholine rings is 1. The normalized spacial score (nSPS) is 18.3. The Morgan fingerprint density at radius 2 is 1.92 bits per heavy atom. The largest absolute Gasteiger partial charge is 0.494 e. The quantitative estimate of drug-likeness (QED) is 0.535.